The minimum absolute atomic E-state index is 1.38. The summed E-state index contributed by atoms with van der Waals surface area (Å²) >= 11 is 0. The van der Waals surface area contributed by atoms with Gasteiger partial charge in [-0.1, -0.05) is 0 Å². The van der Waals surface area contributed by atoms with Gasteiger partial charge in [0.25, 0.3) is 6.43 Å². The molecule has 0 aromatic carbocycles. The van der Waals surface area contributed by atoms with Crippen LogP contribution in [0, 0.1) is 11.8 Å². The van der Waals surface area contributed by atoms with Crippen molar-refractivity contribution in [1.29, 1.82) is 0 Å². The number of halogens is 2. The second kappa shape index (κ2) is 2.65. The van der Waals surface area contributed by atoms with Crippen LogP contribution < -0.4 is 0 Å². The Morgan fingerprint density at radius 1 is 1.50 bits per heavy atom. The zero-order valence-electron chi connectivity index (χ0n) is 3.33. The van der Waals surface area contributed by atoms with Crippen LogP contribution in [-0.2, 0) is 0 Å². The van der Waals surface area contributed by atoms with E-state index < -0.39 is 6.43 Å². The van der Waals surface area contributed by atoms with Crippen LogP contribution in [0.5, 0.6) is 0 Å². The van der Waals surface area contributed by atoms with Gasteiger partial charge in [-0.3, -0.25) is 0 Å². The van der Waals surface area contributed by atoms with E-state index in [1.165, 1.54) is 6.92 Å². The summed E-state index contributed by atoms with van der Waals surface area (Å²) in [6, 6.07) is 0. The van der Waals surface area contributed by atoms with Gasteiger partial charge in [0, 0.05) is 0 Å². The first kappa shape index (κ1) is 5.42. The first-order valence-corrected chi connectivity index (χ1v) is 1.48. The molecule has 2 heteroatoms. The molecule has 0 rings (SSSR count). The predicted octanol–water partition coefficient (Wildman–Crippen LogP) is 1.27. The molecule has 0 fully saturated rings. The van der Waals surface area contributed by atoms with E-state index in [9.17, 15) is 8.78 Å². The minimum Gasteiger partial charge on any atom is -0.196 e. The highest BCUT2D eigenvalue weighted by molar-refractivity contribution is 4.97. The summed E-state index contributed by atoms with van der Waals surface area (Å²) in [4.78, 5) is 0. The summed E-state index contributed by atoms with van der Waals surface area (Å²) in [5, 5.41) is 0. The fraction of sp³-hybridized carbons (Fsp3) is 0.500. The third kappa shape index (κ3) is 3.42. The maximum absolute atomic E-state index is 10.9. The van der Waals surface area contributed by atoms with Crippen molar-refractivity contribution in [1.82, 2.24) is 0 Å². The maximum Gasteiger partial charge on any atom is 0.298 e. The SMILES string of the molecule is CC#CC(F)F. The van der Waals surface area contributed by atoms with Gasteiger partial charge in [-0.25, -0.2) is 0 Å². The Morgan fingerprint density at radius 3 is 2.00 bits per heavy atom. The molecule has 0 N–H and O–H groups in total. The van der Waals surface area contributed by atoms with Crippen molar-refractivity contribution >= 4 is 0 Å². The largest absolute Gasteiger partial charge is 0.298 e. The highest BCUT2D eigenvalue weighted by Crippen LogP contribution is 1.84. The summed E-state index contributed by atoms with van der Waals surface area (Å²) in [6.45, 7) is 1.38. The molecular formula is C4H4F2. The van der Waals surface area contributed by atoms with Crippen molar-refractivity contribution in [3.8, 4) is 11.8 Å². The molecule has 0 aromatic heterocycles. The minimum atomic E-state index is -2.46. The fourth-order valence-corrected chi connectivity index (χ4v) is 0.109. The Bertz CT molecular complexity index is 75.3. The van der Waals surface area contributed by atoms with E-state index in [-0.39, 0.29) is 0 Å². The second-order valence-electron chi connectivity index (χ2n) is 0.695. The lowest BCUT2D eigenvalue weighted by atomic mass is 10.6. The highest BCUT2D eigenvalue weighted by atomic mass is 19.3. The lowest BCUT2D eigenvalue weighted by molar-refractivity contribution is 0.215. The molecule has 34 valence electrons. The van der Waals surface area contributed by atoms with Crippen molar-refractivity contribution < 1.29 is 8.78 Å². The Balaban J connectivity index is 3.20. The van der Waals surface area contributed by atoms with Gasteiger partial charge >= 0.3 is 0 Å². The molecule has 0 aliphatic rings. The summed E-state index contributed by atoms with van der Waals surface area (Å²) < 4.78 is 21.7. The van der Waals surface area contributed by atoms with E-state index >= 15 is 0 Å². The zero-order chi connectivity index (χ0) is 4.99. The molecule has 0 heterocycles. The maximum atomic E-state index is 10.9. The third-order valence-corrected chi connectivity index (χ3v) is 0.253. The number of hydrogen-bond donors (Lipinski definition) is 0. The van der Waals surface area contributed by atoms with Crippen molar-refractivity contribution in [2.24, 2.45) is 0 Å². The quantitative estimate of drug-likeness (QED) is 0.393. The molecule has 0 saturated heterocycles. The molecule has 0 radical (unpaired) electrons. The van der Waals surface area contributed by atoms with E-state index in [1.807, 2.05) is 0 Å². The first-order chi connectivity index (χ1) is 2.77. The van der Waals surface area contributed by atoms with Crippen molar-refractivity contribution in [2.45, 2.75) is 13.3 Å². The molecule has 0 saturated carbocycles. The number of rotatable bonds is 0. The van der Waals surface area contributed by atoms with E-state index in [2.05, 4.69) is 5.92 Å². The van der Waals surface area contributed by atoms with Gasteiger partial charge in [-0.2, -0.15) is 8.78 Å². The number of hydrogen-bond acceptors (Lipinski definition) is 0. The Labute approximate surface area is 35.2 Å². The Hall–Kier alpha value is -0.580. The summed E-state index contributed by atoms with van der Waals surface area (Å²) in [5.74, 6) is 3.69. The molecule has 0 atom stereocenters. The average Bonchev–Trinajstić information content (AvgIpc) is 1.35. The summed E-state index contributed by atoms with van der Waals surface area (Å²) in [5.41, 5.74) is 0. The Morgan fingerprint density at radius 2 is 2.00 bits per heavy atom. The van der Waals surface area contributed by atoms with Gasteiger partial charge in [-0.05, 0) is 12.8 Å². The molecule has 0 aromatic rings. The average molecular weight is 90.1 g/mol. The van der Waals surface area contributed by atoms with E-state index in [0.29, 0.717) is 0 Å². The Kier molecular flexibility index (Phi) is 2.39. The van der Waals surface area contributed by atoms with Crippen molar-refractivity contribution in [3.63, 3.8) is 0 Å². The molecular weight excluding hydrogens is 86.0 g/mol. The topological polar surface area (TPSA) is 0 Å². The number of alkyl halides is 2. The van der Waals surface area contributed by atoms with Gasteiger partial charge in [0.2, 0.25) is 0 Å². The van der Waals surface area contributed by atoms with Crippen LogP contribution in [0.2, 0.25) is 0 Å². The second-order valence-corrected chi connectivity index (χ2v) is 0.695. The highest BCUT2D eigenvalue weighted by Gasteiger charge is 1.87. The van der Waals surface area contributed by atoms with Gasteiger partial charge in [0.05, 0.1) is 0 Å². The van der Waals surface area contributed by atoms with Crippen LogP contribution in [-0.4, -0.2) is 6.43 Å². The van der Waals surface area contributed by atoms with Gasteiger partial charge in [0.15, 0.2) is 0 Å². The van der Waals surface area contributed by atoms with Gasteiger partial charge in [0.1, 0.15) is 0 Å². The summed E-state index contributed by atoms with van der Waals surface area (Å²) in [6.07, 6.45) is -2.46. The van der Waals surface area contributed by atoms with E-state index in [4.69, 9.17) is 0 Å². The molecule has 0 aliphatic carbocycles. The molecule has 0 amide bonds. The van der Waals surface area contributed by atoms with Gasteiger partial charge in [-0.15, -0.1) is 5.92 Å². The fourth-order valence-electron chi connectivity index (χ4n) is 0.109. The normalized spacial score (nSPS) is 7.33. The van der Waals surface area contributed by atoms with Crippen molar-refractivity contribution in [2.75, 3.05) is 0 Å². The van der Waals surface area contributed by atoms with Crippen molar-refractivity contribution in [3.05, 3.63) is 0 Å². The predicted molar refractivity (Wildman–Crippen MR) is 19.5 cm³/mol. The molecule has 6 heavy (non-hydrogen) atoms. The lowest BCUT2D eigenvalue weighted by Gasteiger charge is -1.73. The first-order valence-electron chi connectivity index (χ1n) is 1.48. The van der Waals surface area contributed by atoms with E-state index in [0.717, 1.165) is 0 Å². The zero-order valence-corrected chi connectivity index (χ0v) is 3.33. The van der Waals surface area contributed by atoms with Crippen LogP contribution in [0.15, 0.2) is 0 Å². The molecule has 0 nitrogen and oxygen atoms in total. The lowest BCUT2D eigenvalue weighted by Crippen LogP contribution is -1.78. The standard InChI is InChI=1S/C4H4F2/c1-2-3-4(5)6/h4H,1H3. The molecule has 0 bridgehead atoms. The van der Waals surface area contributed by atoms with E-state index in [1.54, 1.807) is 5.92 Å². The van der Waals surface area contributed by atoms with Crippen LogP contribution in [0.1, 0.15) is 6.92 Å². The molecule has 0 unspecified atom stereocenters. The van der Waals surface area contributed by atoms with Crippen LogP contribution in [0.3, 0.4) is 0 Å². The van der Waals surface area contributed by atoms with Gasteiger partial charge < -0.3 is 0 Å². The monoisotopic (exact) mass is 90.0 g/mol. The van der Waals surface area contributed by atoms with Crippen LogP contribution in [0.4, 0.5) is 8.78 Å². The summed E-state index contributed by atoms with van der Waals surface area (Å²) in [7, 11) is 0. The van der Waals surface area contributed by atoms with Crippen LogP contribution >= 0.6 is 0 Å². The third-order valence-electron chi connectivity index (χ3n) is 0.253. The molecule has 0 aliphatic heterocycles. The molecule has 0 spiro atoms. The smallest absolute Gasteiger partial charge is 0.196 e. The van der Waals surface area contributed by atoms with Crippen LogP contribution in [0.25, 0.3) is 0 Å².